The number of nitrogens with one attached hydrogen (secondary N) is 1. The number of sulfonamides is 1. The molecule has 1 fully saturated rings. The van der Waals surface area contributed by atoms with Gasteiger partial charge in [0.1, 0.15) is 0 Å². The fraction of sp³-hybridized carbons (Fsp3) is 0.600. The van der Waals surface area contributed by atoms with Crippen molar-refractivity contribution < 1.29 is 22.7 Å². The van der Waals surface area contributed by atoms with Gasteiger partial charge < -0.3 is 9.64 Å². The lowest BCUT2D eigenvalue weighted by molar-refractivity contribution is -0.139. The molecule has 2 rings (SSSR count). The van der Waals surface area contributed by atoms with E-state index in [4.69, 9.17) is 4.74 Å². The molecule has 7 nitrogen and oxygen atoms in total. The van der Waals surface area contributed by atoms with E-state index in [1.165, 1.54) is 24.3 Å². The van der Waals surface area contributed by atoms with E-state index in [1.807, 2.05) is 6.92 Å². The third-order valence-electron chi connectivity index (χ3n) is 4.92. The van der Waals surface area contributed by atoms with E-state index in [-0.39, 0.29) is 22.4 Å². The Morgan fingerprint density at radius 2 is 1.64 bits per heavy atom. The molecule has 1 saturated heterocycles. The van der Waals surface area contributed by atoms with Crippen molar-refractivity contribution >= 4 is 21.9 Å². The fourth-order valence-corrected chi connectivity index (χ4v) is 4.34. The molecule has 0 radical (unpaired) electrons. The highest BCUT2D eigenvalue weighted by Gasteiger charge is 2.25. The van der Waals surface area contributed by atoms with Gasteiger partial charge in [-0.1, -0.05) is 19.8 Å². The van der Waals surface area contributed by atoms with Gasteiger partial charge in [0.2, 0.25) is 10.0 Å². The molecular formula is C20H30N2O5S. The summed E-state index contributed by atoms with van der Waals surface area (Å²) in [6.45, 7) is 6.62. The summed E-state index contributed by atoms with van der Waals surface area (Å²) in [5.74, 6) is -0.832. The minimum Gasteiger partial charge on any atom is -0.449 e. The molecule has 1 aliphatic rings. The van der Waals surface area contributed by atoms with Crippen LogP contribution in [0, 0.1) is 0 Å². The third kappa shape index (κ3) is 6.04. The van der Waals surface area contributed by atoms with Gasteiger partial charge in [-0.05, 0) is 57.4 Å². The zero-order valence-corrected chi connectivity index (χ0v) is 17.6. The average molecular weight is 411 g/mol. The standard InChI is InChI=1S/C20H30N2O5S/c1-4-15(2)21-28(25,26)18-11-9-17(10-12-18)20(24)27-16(3)19(23)22-13-7-5-6-8-14-22/h9-12,15-16,21H,4-8,13-14H2,1-3H3/t15-,16+/m1/s1. The molecule has 1 aromatic carbocycles. The number of hydrogen-bond donors (Lipinski definition) is 1. The van der Waals surface area contributed by atoms with Gasteiger partial charge in [-0.25, -0.2) is 17.9 Å². The highest BCUT2D eigenvalue weighted by molar-refractivity contribution is 7.89. The van der Waals surface area contributed by atoms with Gasteiger partial charge >= 0.3 is 5.97 Å². The quantitative estimate of drug-likeness (QED) is 0.698. The number of hydrogen-bond acceptors (Lipinski definition) is 5. The maximum Gasteiger partial charge on any atom is 0.338 e. The molecule has 1 aromatic rings. The maximum atomic E-state index is 12.5. The Morgan fingerprint density at radius 3 is 2.18 bits per heavy atom. The molecular weight excluding hydrogens is 380 g/mol. The molecule has 28 heavy (non-hydrogen) atoms. The Bertz CT molecular complexity index is 768. The van der Waals surface area contributed by atoms with Crippen molar-refractivity contribution in [3.63, 3.8) is 0 Å². The van der Waals surface area contributed by atoms with Crippen molar-refractivity contribution in [2.75, 3.05) is 13.1 Å². The van der Waals surface area contributed by atoms with Gasteiger partial charge in [0, 0.05) is 19.1 Å². The first-order valence-electron chi connectivity index (χ1n) is 9.86. The summed E-state index contributed by atoms with van der Waals surface area (Å²) < 4.78 is 32.4. The Kier molecular flexibility index (Phi) is 8.00. The van der Waals surface area contributed by atoms with Gasteiger partial charge in [-0.3, -0.25) is 4.79 Å². The Balaban J connectivity index is 1.99. The van der Waals surface area contributed by atoms with Gasteiger partial charge in [0.15, 0.2) is 6.10 Å². The second-order valence-electron chi connectivity index (χ2n) is 7.24. The summed E-state index contributed by atoms with van der Waals surface area (Å²) in [7, 11) is -3.63. The van der Waals surface area contributed by atoms with Gasteiger partial charge in [-0.2, -0.15) is 0 Å². The van der Waals surface area contributed by atoms with Crippen LogP contribution >= 0.6 is 0 Å². The van der Waals surface area contributed by atoms with Crippen molar-refractivity contribution in [2.24, 2.45) is 0 Å². The lowest BCUT2D eigenvalue weighted by Gasteiger charge is -2.24. The third-order valence-corrected chi connectivity index (χ3v) is 6.52. The Labute approximate surface area is 167 Å². The molecule has 0 saturated carbocycles. The van der Waals surface area contributed by atoms with Crippen LogP contribution in [0.3, 0.4) is 0 Å². The van der Waals surface area contributed by atoms with E-state index in [1.54, 1.807) is 18.7 Å². The van der Waals surface area contributed by atoms with Crippen LogP contribution in [0.2, 0.25) is 0 Å². The SMILES string of the molecule is CC[C@@H](C)NS(=O)(=O)c1ccc(C(=O)O[C@@H](C)C(=O)N2CCCCCC2)cc1. The van der Waals surface area contributed by atoms with Crippen molar-refractivity contribution in [1.29, 1.82) is 0 Å². The predicted molar refractivity (Wildman–Crippen MR) is 106 cm³/mol. The van der Waals surface area contributed by atoms with Crippen LogP contribution in [0.15, 0.2) is 29.2 Å². The molecule has 2 atom stereocenters. The van der Waals surface area contributed by atoms with Crippen molar-refractivity contribution in [3.05, 3.63) is 29.8 Å². The van der Waals surface area contributed by atoms with E-state index < -0.39 is 22.1 Å². The lowest BCUT2D eigenvalue weighted by atomic mass is 10.2. The van der Waals surface area contributed by atoms with E-state index in [0.29, 0.717) is 19.5 Å². The first kappa shape index (κ1) is 22.4. The summed E-state index contributed by atoms with van der Waals surface area (Å²) >= 11 is 0. The van der Waals surface area contributed by atoms with Crippen molar-refractivity contribution in [1.82, 2.24) is 9.62 Å². The summed E-state index contributed by atoms with van der Waals surface area (Å²) in [5.41, 5.74) is 0.206. The van der Waals surface area contributed by atoms with E-state index in [0.717, 1.165) is 25.7 Å². The smallest absolute Gasteiger partial charge is 0.338 e. The van der Waals surface area contributed by atoms with Crippen molar-refractivity contribution in [3.8, 4) is 0 Å². The molecule has 0 unspecified atom stereocenters. The second kappa shape index (κ2) is 10.0. The molecule has 1 N–H and O–H groups in total. The molecule has 1 amide bonds. The van der Waals surface area contributed by atoms with Crippen LogP contribution in [0.1, 0.15) is 63.2 Å². The van der Waals surface area contributed by atoms with Gasteiger partial charge in [-0.15, -0.1) is 0 Å². The monoisotopic (exact) mass is 410 g/mol. The Hall–Kier alpha value is -1.93. The first-order valence-corrected chi connectivity index (χ1v) is 11.3. The Morgan fingerprint density at radius 1 is 1.07 bits per heavy atom. The lowest BCUT2D eigenvalue weighted by Crippen LogP contribution is -2.40. The van der Waals surface area contributed by atoms with Crippen LogP contribution in [0.25, 0.3) is 0 Å². The van der Waals surface area contributed by atoms with Gasteiger partial charge in [0.25, 0.3) is 5.91 Å². The summed E-state index contributed by atoms with van der Waals surface area (Å²) in [5, 5.41) is 0. The summed E-state index contributed by atoms with van der Waals surface area (Å²) in [6.07, 6.45) is 3.95. The number of nitrogens with zero attached hydrogens (tertiary/aromatic N) is 1. The second-order valence-corrected chi connectivity index (χ2v) is 8.96. The molecule has 8 heteroatoms. The topological polar surface area (TPSA) is 92.8 Å². The minimum atomic E-state index is -3.63. The minimum absolute atomic E-state index is 0.0815. The van der Waals surface area contributed by atoms with Crippen LogP contribution in [-0.4, -0.2) is 50.4 Å². The molecule has 0 bridgehead atoms. The van der Waals surface area contributed by atoms with E-state index in [2.05, 4.69) is 4.72 Å². The number of benzene rings is 1. The molecule has 1 heterocycles. The zero-order valence-electron chi connectivity index (χ0n) is 16.8. The van der Waals surface area contributed by atoms with Crippen LogP contribution in [-0.2, 0) is 19.6 Å². The summed E-state index contributed by atoms with van der Waals surface area (Å²) in [4.78, 5) is 26.7. The molecule has 0 aliphatic carbocycles. The van der Waals surface area contributed by atoms with E-state index in [9.17, 15) is 18.0 Å². The number of carbonyl (C=O) groups is 2. The number of ether oxygens (including phenoxy) is 1. The molecule has 156 valence electrons. The van der Waals surface area contributed by atoms with Crippen molar-refractivity contribution in [2.45, 2.75) is 69.9 Å². The molecule has 0 spiro atoms. The number of rotatable bonds is 7. The largest absolute Gasteiger partial charge is 0.449 e. The molecule has 1 aliphatic heterocycles. The first-order chi connectivity index (χ1) is 13.2. The van der Waals surface area contributed by atoms with Crippen LogP contribution < -0.4 is 4.72 Å². The van der Waals surface area contributed by atoms with Crippen LogP contribution in [0.4, 0.5) is 0 Å². The number of carbonyl (C=O) groups excluding carboxylic acids is 2. The zero-order chi connectivity index (χ0) is 20.7. The van der Waals surface area contributed by atoms with Crippen LogP contribution in [0.5, 0.6) is 0 Å². The molecule has 0 aromatic heterocycles. The highest BCUT2D eigenvalue weighted by atomic mass is 32.2. The number of likely N-dealkylation sites (tertiary alicyclic amines) is 1. The number of esters is 1. The summed E-state index contributed by atoms with van der Waals surface area (Å²) in [6, 6.07) is 5.35. The average Bonchev–Trinajstić information content (AvgIpc) is 2.96. The predicted octanol–water partition coefficient (Wildman–Crippen LogP) is 2.71. The fourth-order valence-electron chi connectivity index (χ4n) is 3.01. The normalized spacial score (nSPS) is 17.5. The van der Waals surface area contributed by atoms with Gasteiger partial charge in [0.05, 0.1) is 10.5 Å². The maximum absolute atomic E-state index is 12.5. The number of amides is 1. The van der Waals surface area contributed by atoms with E-state index >= 15 is 0 Å². The highest BCUT2D eigenvalue weighted by Crippen LogP contribution is 2.15.